The number of nitriles is 1. The lowest BCUT2D eigenvalue weighted by Gasteiger charge is -2.23. The molecule has 0 saturated carbocycles. The molecule has 0 saturated heterocycles. The van der Waals surface area contributed by atoms with Gasteiger partial charge in [-0.3, -0.25) is 9.59 Å². The predicted molar refractivity (Wildman–Crippen MR) is 86.2 cm³/mol. The molecule has 0 aromatic heterocycles. The maximum absolute atomic E-state index is 14.4. The van der Waals surface area contributed by atoms with Crippen molar-refractivity contribution in [2.24, 2.45) is 0 Å². The number of aryl methyl sites for hydroxylation is 1. The van der Waals surface area contributed by atoms with Gasteiger partial charge in [-0.15, -0.1) is 0 Å². The Balaban J connectivity index is 2.41. The van der Waals surface area contributed by atoms with Crippen molar-refractivity contribution in [1.29, 1.82) is 5.26 Å². The number of rotatable bonds is 5. The van der Waals surface area contributed by atoms with Gasteiger partial charge < -0.3 is 10.0 Å². The van der Waals surface area contributed by atoms with Gasteiger partial charge in [0.1, 0.15) is 5.82 Å². The fourth-order valence-corrected chi connectivity index (χ4v) is 2.22. The number of halogens is 1. The fraction of sp³-hybridized carbons (Fsp3) is 0.167. The summed E-state index contributed by atoms with van der Waals surface area (Å²) in [6.45, 7) is 1.41. The molecule has 0 aliphatic carbocycles. The highest BCUT2D eigenvalue weighted by molar-refractivity contribution is 6.06. The Morgan fingerprint density at radius 3 is 2.46 bits per heavy atom. The van der Waals surface area contributed by atoms with E-state index in [-0.39, 0.29) is 24.2 Å². The number of amides is 1. The van der Waals surface area contributed by atoms with Crippen molar-refractivity contribution in [2.45, 2.75) is 13.3 Å². The van der Waals surface area contributed by atoms with Crippen LogP contribution in [0.3, 0.4) is 0 Å². The number of anilines is 1. The summed E-state index contributed by atoms with van der Waals surface area (Å²) in [4.78, 5) is 24.7. The van der Waals surface area contributed by atoms with Gasteiger partial charge in [0.25, 0.3) is 5.91 Å². The molecule has 2 aromatic carbocycles. The Morgan fingerprint density at radius 1 is 1.21 bits per heavy atom. The third kappa shape index (κ3) is 3.76. The summed E-state index contributed by atoms with van der Waals surface area (Å²) in [7, 11) is 0. The van der Waals surface area contributed by atoms with E-state index in [0.29, 0.717) is 11.1 Å². The third-order valence-electron chi connectivity index (χ3n) is 3.52. The smallest absolute Gasteiger partial charge is 0.305 e. The van der Waals surface area contributed by atoms with E-state index in [1.807, 2.05) is 6.07 Å². The first-order valence-corrected chi connectivity index (χ1v) is 7.23. The van der Waals surface area contributed by atoms with Crippen LogP contribution in [0, 0.1) is 24.1 Å². The number of carboxylic acids is 1. The van der Waals surface area contributed by atoms with Crippen LogP contribution in [0.25, 0.3) is 0 Å². The van der Waals surface area contributed by atoms with Crippen LogP contribution in [0.15, 0.2) is 42.5 Å². The SMILES string of the molecule is Cc1cccc(N(CCC(=O)O)C(=O)c2ccc(C#N)cc2)c1F. The summed E-state index contributed by atoms with van der Waals surface area (Å²) < 4.78 is 14.4. The molecule has 1 N–H and O–H groups in total. The van der Waals surface area contributed by atoms with Gasteiger partial charge in [-0.2, -0.15) is 5.26 Å². The summed E-state index contributed by atoms with van der Waals surface area (Å²) in [5.74, 6) is -2.17. The Morgan fingerprint density at radius 2 is 1.88 bits per heavy atom. The minimum absolute atomic E-state index is 0.0330. The topological polar surface area (TPSA) is 81.4 Å². The Labute approximate surface area is 138 Å². The highest BCUT2D eigenvalue weighted by Gasteiger charge is 2.22. The van der Waals surface area contributed by atoms with Crippen molar-refractivity contribution in [3.05, 3.63) is 65.0 Å². The van der Waals surface area contributed by atoms with Gasteiger partial charge in [0.15, 0.2) is 0 Å². The van der Waals surface area contributed by atoms with Crippen LogP contribution in [-0.4, -0.2) is 23.5 Å². The van der Waals surface area contributed by atoms with E-state index in [4.69, 9.17) is 10.4 Å². The molecule has 0 radical (unpaired) electrons. The molecule has 0 heterocycles. The highest BCUT2D eigenvalue weighted by Crippen LogP contribution is 2.24. The largest absolute Gasteiger partial charge is 0.481 e. The molecule has 122 valence electrons. The fourth-order valence-electron chi connectivity index (χ4n) is 2.22. The summed E-state index contributed by atoms with van der Waals surface area (Å²) in [5, 5.41) is 17.7. The van der Waals surface area contributed by atoms with Crippen LogP contribution in [0.4, 0.5) is 10.1 Å². The second-order valence-electron chi connectivity index (χ2n) is 5.20. The minimum atomic E-state index is -1.08. The van der Waals surface area contributed by atoms with Crippen molar-refractivity contribution in [3.8, 4) is 6.07 Å². The van der Waals surface area contributed by atoms with Crippen LogP contribution in [0.1, 0.15) is 27.9 Å². The van der Waals surface area contributed by atoms with Crippen molar-refractivity contribution in [1.82, 2.24) is 0 Å². The monoisotopic (exact) mass is 326 g/mol. The molecule has 0 aliphatic heterocycles. The first-order chi connectivity index (χ1) is 11.4. The molecule has 2 aromatic rings. The van der Waals surface area contributed by atoms with Crippen molar-refractivity contribution in [3.63, 3.8) is 0 Å². The lowest BCUT2D eigenvalue weighted by atomic mass is 10.1. The molecule has 0 atom stereocenters. The van der Waals surface area contributed by atoms with Crippen LogP contribution in [0.5, 0.6) is 0 Å². The minimum Gasteiger partial charge on any atom is -0.481 e. The molecule has 2 rings (SSSR count). The Hall–Kier alpha value is -3.20. The summed E-state index contributed by atoms with van der Waals surface area (Å²) in [6.07, 6.45) is -0.310. The second-order valence-corrected chi connectivity index (χ2v) is 5.20. The average molecular weight is 326 g/mol. The van der Waals surface area contributed by atoms with Gasteiger partial charge in [0, 0.05) is 12.1 Å². The van der Waals surface area contributed by atoms with Crippen LogP contribution in [0.2, 0.25) is 0 Å². The zero-order valence-electron chi connectivity index (χ0n) is 13.0. The first-order valence-electron chi connectivity index (χ1n) is 7.23. The highest BCUT2D eigenvalue weighted by atomic mass is 19.1. The molecular formula is C18H15FN2O3. The number of benzene rings is 2. The predicted octanol–water partition coefficient (Wildman–Crippen LogP) is 3.13. The summed E-state index contributed by atoms with van der Waals surface area (Å²) >= 11 is 0. The molecule has 24 heavy (non-hydrogen) atoms. The van der Waals surface area contributed by atoms with E-state index in [9.17, 15) is 14.0 Å². The van der Waals surface area contributed by atoms with Crippen molar-refractivity contribution < 1.29 is 19.1 Å². The number of aliphatic carboxylic acids is 1. The second kappa shape index (κ2) is 7.38. The maximum Gasteiger partial charge on any atom is 0.305 e. The van der Waals surface area contributed by atoms with Crippen molar-refractivity contribution in [2.75, 3.05) is 11.4 Å². The molecule has 0 spiro atoms. The Kier molecular flexibility index (Phi) is 5.27. The Bertz CT molecular complexity index is 810. The molecule has 0 aliphatic rings. The molecule has 0 fully saturated rings. The van der Waals surface area contributed by atoms with E-state index in [0.717, 1.165) is 4.90 Å². The number of carboxylic acid groups (broad SMARTS) is 1. The van der Waals surface area contributed by atoms with E-state index in [2.05, 4.69) is 0 Å². The van der Waals surface area contributed by atoms with Crippen LogP contribution >= 0.6 is 0 Å². The zero-order chi connectivity index (χ0) is 17.7. The number of carbonyl (C=O) groups excluding carboxylic acids is 1. The van der Waals surface area contributed by atoms with E-state index in [1.54, 1.807) is 19.1 Å². The summed E-state index contributed by atoms with van der Waals surface area (Å²) in [5.41, 5.74) is 1.04. The molecule has 0 bridgehead atoms. The standard InChI is InChI=1S/C18H15FN2O3/c1-12-3-2-4-15(17(12)19)21(10-9-16(22)23)18(24)14-7-5-13(11-20)6-8-14/h2-8H,9-10H2,1H3,(H,22,23). The normalized spacial score (nSPS) is 10.0. The van der Waals surface area contributed by atoms with Crippen LogP contribution < -0.4 is 4.90 Å². The molecule has 6 heteroatoms. The van der Waals surface area contributed by atoms with Crippen LogP contribution in [-0.2, 0) is 4.79 Å². The third-order valence-corrected chi connectivity index (χ3v) is 3.52. The van der Waals surface area contributed by atoms with Gasteiger partial charge in [-0.05, 0) is 42.8 Å². The number of hydrogen-bond donors (Lipinski definition) is 1. The summed E-state index contributed by atoms with van der Waals surface area (Å²) in [6, 6.07) is 12.4. The van der Waals surface area contributed by atoms with E-state index in [1.165, 1.54) is 30.3 Å². The van der Waals surface area contributed by atoms with Gasteiger partial charge in [0.05, 0.1) is 23.7 Å². The van der Waals surface area contributed by atoms with E-state index < -0.39 is 17.7 Å². The maximum atomic E-state index is 14.4. The lowest BCUT2D eigenvalue weighted by molar-refractivity contribution is -0.136. The zero-order valence-corrected chi connectivity index (χ0v) is 13.0. The number of nitrogens with zero attached hydrogens (tertiary/aromatic N) is 2. The molecular weight excluding hydrogens is 311 g/mol. The first kappa shape index (κ1) is 17.2. The quantitative estimate of drug-likeness (QED) is 0.915. The number of hydrogen-bond acceptors (Lipinski definition) is 3. The molecule has 1 amide bonds. The molecule has 5 nitrogen and oxygen atoms in total. The average Bonchev–Trinajstić information content (AvgIpc) is 2.58. The van der Waals surface area contributed by atoms with Gasteiger partial charge in [0.2, 0.25) is 0 Å². The van der Waals surface area contributed by atoms with E-state index >= 15 is 0 Å². The number of carbonyl (C=O) groups is 2. The van der Waals surface area contributed by atoms with Gasteiger partial charge in [-0.25, -0.2) is 4.39 Å². The van der Waals surface area contributed by atoms with Crippen molar-refractivity contribution >= 4 is 17.6 Å². The van der Waals surface area contributed by atoms with Gasteiger partial charge >= 0.3 is 5.97 Å². The lowest BCUT2D eigenvalue weighted by Crippen LogP contribution is -2.34. The molecule has 0 unspecified atom stereocenters. The van der Waals surface area contributed by atoms with Gasteiger partial charge in [-0.1, -0.05) is 12.1 Å².